The molecule has 0 saturated carbocycles. The van der Waals surface area contributed by atoms with E-state index in [0.717, 1.165) is 16.5 Å². The molecule has 12 heteroatoms. The fourth-order valence-electron chi connectivity index (χ4n) is 4.41. The third-order valence-corrected chi connectivity index (χ3v) is 6.89. The number of nitrogens with one attached hydrogen (secondary N) is 2. The van der Waals surface area contributed by atoms with E-state index in [2.05, 4.69) is 15.6 Å². The van der Waals surface area contributed by atoms with E-state index in [1.165, 1.54) is 11.8 Å². The maximum absolute atomic E-state index is 14.1. The molecule has 2 atom stereocenters. The van der Waals surface area contributed by atoms with Crippen LogP contribution in [0.4, 0.5) is 30.5 Å². The van der Waals surface area contributed by atoms with Crippen molar-refractivity contribution >= 4 is 35.0 Å². The summed E-state index contributed by atoms with van der Waals surface area (Å²) in [6.07, 6.45) is -1.88. The van der Waals surface area contributed by atoms with Crippen LogP contribution in [-0.4, -0.2) is 55.0 Å². The number of anilines is 3. The predicted molar refractivity (Wildman–Crippen MR) is 133 cm³/mol. The molecule has 1 fully saturated rings. The number of aromatic nitrogens is 1. The van der Waals surface area contributed by atoms with E-state index in [1.54, 1.807) is 30.1 Å². The summed E-state index contributed by atoms with van der Waals surface area (Å²) in [5.74, 6) is -0.522. The lowest BCUT2D eigenvalue weighted by molar-refractivity contribution is -0.137. The number of carbonyl (C=O) groups excluding carboxylic acids is 1. The van der Waals surface area contributed by atoms with Crippen molar-refractivity contribution in [1.29, 1.82) is 5.26 Å². The van der Waals surface area contributed by atoms with Crippen LogP contribution >= 0.6 is 11.8 Å². The lowest BCUT2D eigenvalue weighted by atomic mass is 10.1. The third kappa shape index (κ3) is 6.40. The Bertz CT molecular complexity index is 1140. The van der Waals surface area contributed by atoms with Crippen LogP contribution in [0.2, 0.25) is 0 Å². The summed E-state index contributed by atoms with van der Waals surface area (Å²) in [5, 5.41) is 25.6. The third-order valence-electron chi connectivity index (χ3n) is 6.10. The molecule has 1 amide bonds. The number of hydrogen-bond donors (Lipinski definition) is 4. The van der Waals surface area contributed by atoms with Crippen LogP contribution in [-0.2, 0) is 17.4 Å². The van der Waals surface area contributed by atoms with Crippen molar-refractivity contribution in [2.24, 2.45) is 11.7 Å². The molecule has 0 spiro atoms. The van der Waals surface area contributed by atoms with Crippen LogP contribution in [0.15, 0.2) is 29.2 Å². The maximum Gasteiger partial charge on any atom is 0.417 e. The lowest BCUT2D eigenvalue weighted by Crippen LogP contribution is -2.33. The predicted octanol–water partition coefficient (Wildman–Crippen LogP) is 3.26. The molecule has 1 aliphatic rings. The van der Waals surface area contributed by atoms with E-state index in [-0.39, 0.29) is 30.6 Å². The summed E-state index contributed by atoms with van der Waals surface area (Å²) in [5.41, 5.74) is 4.75. The molecule has 3 rings (SSSR count). The van der Waals surface area contributed by atoms with Gasteiger partial charge in [-0.25, -0.2) is 4.98 Å². The molecule has 8 nitrogen and oxygen atoms in total. The zero-order valence-electron chi connectivity index (χ0n) is 20.0. The van der Waals surface area contributed by atoms with E-state index < -0.39 is 29.3 Å². The van der Waals surface area contributed by atoms with Gasteiger partial charge in [-0.2, -0.15) is 18.4 Å². The number of primary amides is 1. The molecule has 0 bridgehead atoms. The fourth-order valence-corrected chi connectivity index (χ4v) is 4.95. The lowest BCUT2D eigenvalue weighted by Gasteiger charge is -2.26. The number of aliphatic hydroxyl groups excluding tert-OH is 1. The van der Waals surface area contributed by atoms with Crippen LogP contribution in [0.5, 0.6) is 0 Å². The van der Waals surface area contributed by atoms with Crippen molar-refractivity contribution in [2.75, 3.05) is 43.2 Å². The molecular weight excluding hydrogens is 493 g/mol. The number of nitrogens with two attached hydrogens (primary N) is 1. The number of nitrogens with zero attached hydrogens (tertiary/aromatic N) is 3. The molecule has 1 saturated heterocycles. The molecule has 36 heavy (non-hydrogen) atoms. The van der Waals surface area contributed by atoms with Gasteiger partial charge in [0, 0.05) is 17.9 Å². The van der Waals surface area contributed by atoms with E-state index in [0.29, 0.717) is 31.6 Å². The molecule has 2 aromatic rings. The summed E-state index contributed by atoms with van der Waals surface area (Å²) in [6.45, 7) is 0.834. The number of alkyl halides is 3. The minimum Gasteiger partial charge on any atom is -0.394 e. The molecule has 1 aromatic heterocycles. The number of hydrogen-bond acceptors (Lipinski definition) is 8. The van der Waals surface area contributed by atoms with Gasteiger partial charge >= 0.3 is 6.18 Å². The van der Waals surface area contributed by atoms with Gasteiger partial charge in [0.15, 0.2) is 5.82 Å². The van der Waals surface area contributed by atoms with Crippen molar-refractivity contribution in [2.45, 2.75) is 36.4 Å². The topological polar surface area (TPSA) is 127 Å². The number of carbonyl (C=O) groups is 1. The fraction of sp³-hybridized carbons (Fsp3) is 0.458. The Morgan fingerprint density at radius 3 is 2.72 bits per heavy atom. The first-order valence-corrected chi connectivity index (χ1v) is 12.6. The highest BCUT2D eigenvalue weighted by Crippen LogP contribution is 2.40. The SMILES string of the molecule is CNC[C@@H]1C[C@@H](CO)N(c2cc(C(F)(F)F)c(C#N)c(Nc3cc(CCC(N)=O)ccc3SC)n2)C1. The quantitative estimate of drug-likeness (QED) is 0.350. The summed E-state index contributed by atoms with van der Waals surface area (Å²) < 4.78 is 42.2. The van der Waals surface area contributed by atoms with Gasteiger partial charge in [-0.1, -0.05) is 6.07 Å². The van der Waals surface area contributed by atoms with E-state index in [9.17, 15) is 28.3 Å². The van der Waals surface area contributed by atoms with Crippen LogP contribution in [0, 0.1) is 17.2 Å². The molecule has 0 unspecified atom stereocenters. The zero-order valence-corrected chi connectivity index (χ0v) is 20.8. The average Bonchev–Trinajstić information content (AvgIpc) is 3.25. The number of pyridine rings is 1. The smallest absolute Gasteiger partial charge is 0.394 e. The number of amides is 1. The zero-order chi connectivity index (χ0) is 26.5. The number of nitriles is 1. The number of aliphatic hydroxyl groups is 1. The molecule has 5 N–H and O–H groups in total. The number of benzene rings is 1. The molecule has 2 heterocycles. The number of halogens is 3. The Morgan fingerprint density at radius 1 is 1.39 bits per heavy atom. The molecule has 0 aliphatic carbocycles. The standard InChI is InChI=1S/C24H29F3N6O2S/c1-30-11-15-7-16(13-34)33(12-15)22-9-18(24(25,26)27)17(10-28)23(32-22)31-19-8-14(4-6-21(29)35)3-5-20(19)36-2/h3,5,8-9,15-16,30,34H,4,6-7,11-13H2,1-2H3,(H2,29,35)(H,31,32)/t15-,16-/m0/s1. The molecule has 1 aromatic carbocycles. The maximum atomic E-state index is 14.1. The summed E-state index contributed by atoms with van der Waals surface area (Å²) in [7, 11) is 1.79. The van der Waals surface area contributed by atoms with E-state index >= 15 is 0 Å². The Labute approximate surface area is 212 Å². The van der Waals surface area contributed by atoms with Gasteiger partial charge in [0.25, 0.3) is 0 Å². The second-order valence-electron chi connectivity index (χ2n) is 8.64. The summed E-state index contributed by atoms with van der Waals surface area (Å²) in [4.78, 5) is 18.0. The minimum absolute atomic E-state index is 0.0389. The average molecular weight is 523 g/mol. The van der Waals surface area contributed by atoms with Gasteiger partial charge in [-0.15, -0.1) is 11.8 Å². The van der Waals surface area contributed by atoms with E-state index in [1.807, 2.05) is 12.3 Å². The van der Waals surface area contributed by atoms with Crippen LogP contribution in [0.1, 0.15) is 29.5 Å². The second-order valence-corrected chi connectivity index (χ2v) is 9.48. The van der Waals surface area contributed by atoms with Crippen molar-refractivity contribution in [3.63, 3.8) is 0 Å². The highest BCUT2D eigenvalue weighted by Gasteiger charge is 2.39. The number of rotatable bonds is 10. The van der Waals surface area contributed by atoms with Gasteiger partial charge in [-0.05, 0) is 62.4 Å². The molecule has 1 aliphatic heterocycles. The van der Waals surface area contributed by atoms with Gasteiger partial charge in [0.05, 0.1) is 23.9 Å². The van der Waals surface area contributed by atoms with Crippen molar-refractivity contribution in [3.8, 4) is 6.07 Å². The van der Waals surface area contributed by atoms with Gasteiger partial charge < -0.3 is 26.4 Å². The van der Waals surface area contributed by atoms with Crippen molar-refractivity contribution < 1.29 is 23.1 Å². The minimum atomic E-state index is -4.79. The van der Waals surface area contributed by atoms with E-state index in [4.69, 9.17) is 5.73 Å². The highest BCUT2D eigenvalue weighted by atomic mass is 32.2. The Balaban J connectivity index is 2.09. The molecular formula is C24H29F3N6O2S. The molecule has 194 valence electrons. The molecule has 0 radical (unpaired) electrons. The normalized spacial score (nSPS) is 17.8. The highest BCUT2D eigenvalue weighted by molar-refractivity contribution is 7.98. The number of thioether (sulfide) groups is 1. The Hall–Kier alpha value is -3.01. The first kappa shape index (κ1) is 27.6. The summed E-state index contributed by atoms with van der Waals surface area (Å²) in [6, 6.07) is 7.47. The first-order chi connectivity index (χ1) is 17.1. The van der Waals surface area contributed by atoms with Gasteiger partial charge in [-0.3, -0.25) is 4.79 Å². The van der Waals surface area contributed by atoms with Crippen LogP contribution in [0.3, 0.4) is 0 Å². The largest absolute Gasteiger partial charge is 0.417 e. The van der Waals surface area contributed by atoms with Crippen LogP contribution in [0.25, 0.3) is 0 Å². The Kier molecular flexibility index (Phi) is 9.05. The second kappa shape index (κ2) is 11.8. The van der Waals surface area contributed by atoms with Gasteiger partial charge in [0.2, 0.25) is 5.91 Å². The summed E-state index contributed by atoms with van der Waals surface area (Å²) >= 11 is 1.37. The number of aryl methyl sites for hydroxylation is 1. The van der Waals surface area contributed by atoms with Crippen LogP contribution < -0.4 is 21.3 Å². The first-order valence-electron chi connectivity index (χ1n) is 11.4. The monoisotopic (exact) mass is 522 g/mol. The Morgan fingerprint density at radius 2 is 2.14 bits per heavy atom. The van der Waals surface area contributed by atoms with Crippen molar-refractivity contribution in [3.05, 3.63) is 41.0 Å². The van der Waals surface area contributed by atoms with Crippen molar-refractivity contribution in [1.82, 2.24) is 10.3 Å². The van der Waals surface area contributed by atoms with Gasteiger partial charge in [0.1, 0.15) is 17.5 Å².